The lowest BCUT2D eigenvalue weighted by Crippen LogP contribution is -2.47. The Kier molecular flexibility index (Phi) is 4.93. The molecule has 0 aromatic rings. The Morgan fingerprint density at radius 2 is 1.86 bits per heavy atom. The van der Waals surface area contributed by atoms with Crippen LogP contribution in [0.15, 0.2) is 0 Å². The standard InChI is InChI=1S/C18H33NOS/c1-17(2)5-3-15(13-19)16(12-17)14-4-8-20-18(11-14)6-9-21-10-7-18/h14-16H,3-13,19H2,1-2H3. The molecule has 3 rings (SSSR count). The molecule has 1 saturated carbocycles. The van der Waals surface area contributed by atoms with E-state index in [-0.39, 0.29) is 5.60 Å². The second kappa shape index (κ2) is 6.41. The summed E-state index contributed by atoms with van der Waals surface area (Å²) >= 11 is 2.10. The highest BCUT2D eigenvalue weighted by molar-refractivity contribution is 7.99. The van der Waals surface area contributed by atoms with Crippen LogP contribution in [0.5, 0.6) is 0 Å². The van der Waals surface area contributed by atoms with Crippen molar-refractivity contribution in [2.24, 2.45) is 28.9 Å². The highest BCUT2D eigenvalue weighted by atomic mass is 32.2. The third-order valence-electron chi connectivity index (χ3n) is 6.43. The molecule has 3 fully saturated rings. The van der Waals surface area contributed by atoms with Gasteiger partial charge in [0, 0.05) is 6.61 Å². The summed E-state index contributed by atoms with van der Waals surface area (Å²) in [5.41, 5.74) is 6.87. The summed E-state index contributed by atoms with van der Waals surface area (Å²) in [5, 5.41) is 0. The van der Waals surface area contributed by atoms with Crippen LogP contribution in [-0.2, 0) is 4.74 Å². The van der Waals surface area contributed by atoms with E-state index in [1.54, 1.807) is 0 Å². The van der Waals surface area contributed by atoms with E-state index in [2.05, 4.69) is 25.6 Å². The molecule has 3 atom stereocenters. The number of thioether (sulfide) groups is 1. The van der Waals surface area contributed by atoms with Gasteiger partial charge in [-0.15, -0.1) is 0 Å². The third-order valence-corrected chi connectivity index (χ3v) is 7.41. The summed E-state index contributed by atoms with van der Waals surface area (Å²) in [6, 6.07) is 0. The van der Waals surface area contributed by atoms with Gasteiger partial charge in [-0.25, -0.2) is 0 Å². The number of ether oxygens (including phenoxy) is 1. The molecular formula is C18H33NOS. The van der Waals surface area contributed by atoms with Crippen molar-refractivity contribution in [1.82, 2.24) is 0 Å². The van der Waals surface area contributed by atoms with Crippen molar-refractivity contribution in [3.8, 4) is 0 Å². The first-order valence-electron chi connectivity index (χ1n) is 8.95. The Morgan fingerprint density at radius 3 is 2.57 bits per heavy atom. The zero-order chi connectivity index (χ0) is 14.9. The van der Waals surface area contributed by atoms with Crippen molar-refractivity contribution >= 4 is 11.8 Å². The van der Waals surface area contributed by atoms with Gasteiger partial charge < -0.3 is 10.5 Å². The number of nitrogens with two attached hydrogens (primary N) is 1. The zero-order valence-corrected chi connectivity index (χ0v) is 14.7. The molecular weight excluding hydrogens is 278 g/mol. The molecule has 21 heavy (non-hydrogen) atoms. The van der Waals surface area contributed by atoms with Crippen molar-refractivity contribution in [2.45, 2.75) is 64.4 Å². The topological polar surface area (TPSA) is 35.2 Å². The van der Waals surface area contributed by atoms with E-state index < -0.39 is 0 Å². The van der Waals surface area contributed by atoms with Crippen LogP contribution in [0, 0.1) is 23.2 Å². The van der Waals surface area contributed by atoms with Crippen LogP contribution in [-0.4, -0.2) is 30.3 Å². The SMILES string of the molecule is CC1(C)CCC(CN)C(C2CCOC3(CCSCC3)C2)C1. The maximum atomic E-state index is 6.30. The van der Waals surface area contributed by atoms with Crippen LogP contribution < -0.4 is 5.73 Å². The zero-order valence-electron chi connectivity index (χ0n) is 13.9. The maximum Gasteiger partial charge on any atom is 0.0701 e. The molecule has 1 aliphatic carbocycles. The fourth-order valence-corrected chi connectivity index (χ4v) is 6.30. The van der Waals surface area contributed by atoms with Crippen LogP contribution in [0.25, 0.3) is 0 Å². The fraction of sp³-hybridized carbons (Fsp3) is 1.00. The molecule has 2 heterocycles. The minimum atomic E-state index is 0.231. The van der Waals surface area contributed by atoms with Crippen molar-refractivity contribution in [2.75, 3.05) is 24.7 Å². The minimum absolute atomic E-state index is 0.231. The molecule has 2 N–H and O–H groups in total. The Hall–Kier alpha value is 0.270. The Balaban J connectivity index is 1.71. The number of hydrogen-bond acceptors (Lipinski definition) is 3. The molecule has 3 heteroatoms. The van der Waals surface area contributed by atoms with E-state index in [1.165, 1.54) is 56.5 Å². The van der Waals surface area contributed by atoms with Gasteiger partial charge in [-0.1, -0.05) is 13.8 Å². The summed E-state index contributed by atoms with van der Waals surface area (Å²) < 4.78 is 6.30. The van der Waals surface area contributed by atoms with Gasteiger partial charge >= 0.3 is 0 Å². The molecule has 3 unspecified atom stereocenters. The molecule has 0 radical (unpaired) electrons. The van der Waals surface area contributed by atoms with Crippen LogP contribution in [0.2, 0.25) is 0 Å². The fourth-order valence-electron chi connectivity index (χ4n) is 5.06. The lowest BCUT2D eigenvalue weighted by molar-refractivity contribution is -0.120. The van der Waals surface area contributed by atoms with Gasteiger partial charge in [0.1, 0.15) is 0 Å². The smallest absolute Gasteiger partial charge is 0.0701 e. The monoisotopic (exact) mass is 311 g/mol. The molecule has 122 valence electrons. The molecule has 3 aliphatic rings. The Bertz CT molecular complexity index is 346. The normalized spacial score (nSPS) is 39.3. The summed E-state index contributed by atoms with van der Waals surface area (Å²) in [4.78, 5) is 0. The van der Waals surface area contributed by atoms with Gasteiger partial charge in [0.2, 0.25) is 0 Å². The first-order valence-corrected chi connectivity index (χ1v) is 10.1. The number of hydrogen-bond donors (Lipinski definition) is 1. The second-order valence-electron chi connectivity index (χ2n) is 8.46. The summed E-state index contributed by atoms with van der Waals surface area (Å²) in [6.07, 6.45) is 9.21. The van der Waals surface area contributed by atoms with Gasteiger partial charge in [0.25, 0.3) is 0 Å². The van der Waals surface area contributed by atoms with Gasteiger partial charge in [-0.2, -0.15) is 11.8 Å². The third kappa shape index (κ3) is 3.61. The van der Waals surface area contributed by atoms with E-state index in [0.717, 1.165) is 30.9 Å². The van der Waals surface area contributed by atoms with Gasteiger partial charge in [-0.3, -0.25) is 0 Å². The second-order valence-corrected chi connectivity index (χ2v) is 9.69. The van der Waals surface area contributed by atoms with E-state index in [0.29, 0.717) is 5.41 Å². The average molecular weight is 312 g/mol. The molecule has 2 nitrogen and oxygen atoms in total. The molecule has 0 bridgehead atoms. The van der Waals surface area contributed by atoms with Gasteiger partial charge in [-0.05, 0) is 86.2 Å². The average Bonchev–Trinajstić information content (AvgIpc) is 2.47. The molecule has 1 spiro atoms. The largest absolute Gasteiger partial charge is 0.375 e. The summed E-state index contributed by atoms with van der Waals surface area (Å²) in [7, 11) is 0. The predicted octanol–water partition coefficient (Wildman–Crippen LogP) is 4.08. The first-order chi connectivity index (χ1) is 10.0. The van der Waals surface area contributed by atoms with Crippen molar-refractivity contribution in [3.05, 3.63) is 0 Å². The maximum absolute atomic E-state index is 6.30. The summed E-state index contributed by atoms with van der Waals surface area (Å²) in [5.74, 6) is 5.05. The lowest BCUT2D eigenvalue weighted by atomic mass is 9.60. The molecule has 0 aromatic carbocycles. The predicted molar refractivity (Wildman–Crippen MR) is 91.6 cm³/mol. The van der Waals surface area contributed by atoms with Gasteiger partial charge in [0.15, 0.2) is 0 Å². The van der Waals surface area contributed by atoms with Crippen molar-refractivity contribution in [3.63, 3.8) is 0 Å². The van der Waals surface area contributed by atoms with Crippen LogP contribution in [0.4, 0.5) is 0 Å². The Labute approximate surface area is 135 Å². The first kappa shape index (κ1) is 16.1. The molecule has 2 aliphatic heterocycles. The Morgan fingerprint density at radius 1 is 1.10 bits per heavy atom. The lowest BCUT2D eigenvalue weighted by Gasteiger charge is -2.50. The highest BCUT2D eigenvalue weighted by Crippen LogP contribution is 2.50. The number of rotatable bonds is 2. The highest BCUT2D eigenvalue weighted by Gasteiger charge is 2.45. The molecule has 0 amide bonds. The van der Waals surface area contributed by atoms with E-state index in [4.69, 9.17) is 10.5 Å². The van der Waals surface area contributed by atoms with Gasteiger partial charge in [0.05, 0.1) is 5.60 Å². The van der Waals surface area contributed by atoms with Crippen LogP contribution in [0.3, 0.4) is 0 Å². The minimum Gasteiger partial charge on any atom is -0.375 e. The summed E-state index contributed by atoms with van der Waals surface area (Å²) in [6.45, 7) is 6.79. The van der Waals surface area contributed by atoms with E-state index in [1.807, 2.05) is 0 Å². The van der Waals surface area contributed by atoms with E-state index in [9.17, 15) is 0 Å². The molecule has 2 saturated heterocycles. The quantitative estimate of drug-likeness (QED) is 0.834. The van der Waals surface area contributed by atoms with Crippen LogP contribution >= 0.6 is 11.8 Å². The molecule has 0 aromatic heterocycles. The van der Waals surface area contributed by atoms with E-state index >= 15 is 0 Å². The van der Waals surface area contributed by atoms with Crippen molar-refractivity contribution in [1.29, 1.82) is 0 Å². The van der Waals surface area contributed by atoms with Crippen molar-refractivity contribution < 1.29 is 4.74 Å². The van der Waals surface area contributed by atoms with Crippen LogP contribution in [0.1, 0.15) is 58.8 Å².